The summed E-state index contributed by atoms with van der Waals surface area (Å²) in [5, 5.41) is 0. The first-order valence-electron chi connectivity index (χ1n) is 9.31. The predicted octanol–water partition coefficient (Wildman–Crippen LogP) is 7.72. The van der Waals surface area contributed by atoms with Crippen molar-refractivity contribution >= 4 is 5.71 Å². The van der Waals surface area contributed by atoms with Crippen LogP contribution in [-0.4, -0.2) is 5.71 Å². The minimum Gasteiger partial charge on any atom is -0.263 e. The maximum absolute atomic E-state index is 14.7. The average molecular weight is 334 g/mol. The lowest BCUT2D eigenvalue weighted by atomic mass is 9.93. The highest BCUT2D eigenvalue weighted by Gasteiger charge is 2.12. The summed E-state index contributed by atoms with van der Waals surface area (Å²) in [6.07, 6.45) is 12.3. The Morgan fingerprint density at radius 3 is 2.21 bits per heavy atom. The minimum absolute atomic E-state index is 0.0409. The fraction of sp³-hybridized carbons (Fsp3) is 0.591. The van der Waals surface area contributed by atoms with Gasteiger partial charge in [0, 0.05) is 11.4 Å². The van der Waals surface area contributed by atoms with Crippen molar-refractivity contribution in [2.24, 2.45) is 10.9 Å². The number of nitrogens with zero attached hydrogens (tertiary/aromatic N) is 1. The largest absolute Gasteiger partial charge is 0.263 e. The van der Waals surface area contributed by atoms with Gasteiger partial charge in [-0.2, -0.15) is 0 Å². The molecule has 0 aromatic carbocycles. The summed E-state index contributed by atoms with van der Waals surface area (Å²) in [6, 6.07) is 0. The summed E-state index contributed by atoms with van der Waals surface area (Å²) >= 11 is 0. The van der Waals surface area contributed by atoms with E-state index >= 15 is 0 Å². The molecule has 24 heavy (non-hydrogen) atoms. The number of aliphatic imine (C=N–C) groups is 1. The number of hydrogen-bond acceptors (Lipinski definition) is 1. The summed E-state index contributed by atoms with van der Waals surface area (Å²) in [6.45, 7) is 14.2. The van der Waals surface area contributed by atoms with Crippen molar-refractivity contribution in [3.8, 4) is 0 Å². The molecule has 0 bridgehead atoms. The van der Waals surface area contributed by atoms with E-state index in [1.807, 2.05) is 39.0 Å². The van der Waals surface area contributed by atoms with Gasteiger partial charge in [0.05, 0.1) is 0 Å². The zero-order valence-electron chi connectivity index (χ0n) is 16.7. The van der Waals surface area contributed by atoms with Gasteiger partial charge in [0.1, 0.15) is 5.83 Å². The van der Waals surface area contributed by atoms with Crippen molar-refractivity contribution in [1.29, 1.82) is 0 Å². The molecule has 0 radical (unpaired) electrons. The van der Waals surface area contributed by atoms with Crippen LogP contribution in [-0.2, 0) is 0 Å². The molecule has 2 heteroatoms. The lowest BCUT2D eigenvalue weighted by Gasteiger charge is -2.14. The maximum Gasteiger partial charge on any atom is 0.125 e. The van der Waals surface area contributed by atoms with Crippen molar-refractivity contribution in [3.63, 3.8) is 0 Å². The molecule has 0 aliphatic heterocycles. The van der Waals surface area contributed by atoms with E-state index in [0.29, 0.717) is 5.57 Å². The summed E-state index contributed by atoms with van der Waals surface area (Å²) in [4.78, 5) is 4.74. The van der Waals surface area contributed by atoms with Crippen LogP contribution in [0, 0.1) is 5.92 Å². The Balaban J connectivity index is 5.06. The number of halogens is 1. The highest BCUT2D eigenvalue weighted by Crippen LogP contribution is 2.27. The van der Waals surface area contributed by atoms with E-state index in [4.69, 9.17) is 4.99 Å². The molecule has 0 aliphatic rings. The first kappa shape index (κ1) is 22.6. The second kappa shape index (κ2) is 12.9. The van der Waals surface area contributed by atoms with E-state index in [0.717, 1.165) is 43.4 Å². The molecule has 0 aliphatic carbocycles. The number of allylic oxidation sites excluding steroid dienone is 8. The molecule has 0 aromatic heterocycles. The van der Waals surface area contributed by atoms with Gasteiger partial charge >= 0.3 is 0 Å². The highest BCUT2D eigenvalue weighted by molar-refractivity contribution is 5.85. The fourth-order valence-electron chi connectivity index (χ4n) is 2.56. The lowest BCUT2D eigenvalue weighted by Crippen LogP contribution is -2.02. The SMILES string of the molecule is C/C=C(/CC)N=C(CC)CCC\C(=C(F)/C(C)=C\C=C\C)C(C)C. The molecule has 0 heterocycles. The normalized spacial score (nSPS) is 15.5. The molecule has 136 valence electrons. The van der Waals surface area contributed by atoms with Gasteiger partial charge in [-0.05, 0) is 69.9 Å². The molecule has 0 amide bonds. The molecule has 0 atom stereocenters. The second-order valence-electron chi connectivity index (χ2n) is 6.39. The zero-order chi connectivity index (χ0) is 18.5. The average Bonchev–Trinajstić information content (AvgIpc) is 2.58. The molecule has 0 rings (SSSR count). The Morgan fingerprint density at radius 1 is 1.08 bits per heavy atom. The van der Waals surface area contributed by atoms with Crippen LogP contribution in [0.1, 0.15) is 80.6 Å². The summed E-state index contributed by atoms with van der Waals surface area (Å²) in [5.41, 5.74) is 3.99. The van der Waals surface area contributed by atoms with Crippen molar-refractivity contribution in [2.75, 3.05) is 0 Å². The van der Waals surface area contributed by atoms with Crippen molar-refractivity contribution < 1.29 is 4.39 Å². The third-order valence-electron chi connectivity index (χ3n) is 4.18. The Labute approximate surface area is 149 Å². The van der Waals surface area contributed by atoms with E-state index in [2.05, 4.69) is 33.8 Å². The molecule has 0 saturated carbocycles. The van der Waals surface area contributed by atoms with Gasteiger partial charge in [-0.15, -0.1) is 0 Å². The van der Waals surface area contributed by atoms with E-state index in [9.17, 15) is 4.39 Å². The smallest absolute Gasteiger partial charge is 0.125 e. The third kappa shape index (κ3) is 8.42. The molecule has 0 aromatic rings. The van der Waals surface area contributed by atoms with Crippen LogP contribution < -0.4 is 0 Å². The molecule has 0 fully saturated rings. The van der Waals surface area contributed by atoms with Crippen LogP contribution >= 0.6 is 0 Å². The molecular formula is C22H36FN. The van der Waals surface area contributed by atoms with E-state index in [1.165, 1.54) is 5.71 Å². The monoisotopic (exact) mass is 333 g/mol. The van der Waals surface area contributed by atoms with Crippen molar-refractivity contribution in [2.45, 2.75) is 80.6 Å². The van der Waals surface area contributed by atoms with Gasteiger partial charge in [0.2, 0.25) is 0 Å². The van der Waals surface area contributed by atoms with Crippen LogP contribution in [0.4, 0.5) is 4.39 Å². The summed E-state index contributed by atoms with van der Waals surface area (Å²) in [7, 11) is 0. The van der Waals surface area contributed by atoms with Crippen molar-refractivity contribution in [1.82, 2.24) is 0 Å². The molecule has 0 spiro atoms. The maximum atomic E-state index is 14.7. The van der Waals surface area contributed by atoms with Crippen molar-refractivity contribution in [3.05, 3.63) is 47.0 Å². The van der Waals surface area contributed by atoms with Crippen LogP contribution in [0.3, 0.4) is 0 Å². The first-order chi connectivity index (χ1) is 11.4. The van der Waals surface area contributed by atoms with Crippen LogP contribution in [0.15, 0.2) is 52.0 Å². The Hall–Kier alpha value is -1.44. The highest BCUT2D eigenvalue weighted by atomic mass is 19.1. The second-order valence-corrected chi connectivity index (χ2v) is 6.39. The van der Waals surface area contributed by atoms with Gasteiger partial charge in [0.25, 0.3) is 0 Å². The van der Waals surface area contributed by atoms with Gasteiger partial charge in [-0.25, -0.2) is 4.39 Å². The Morgan fingerprint density at radius 2 is 1.75 bits per heavy atom. The summed E-state index contributed by atoms with van der Waals surface area (Å²) < 4.78 is 14.7. The molecular weight excluding hydrogens is 297 g/mol. The Kier molecular flexibility index (Phi) is 12.1. The number of hydrogen-bond donors (Lipinski definition) is 0. The minimum atomic E-state index is -0.0409. The topological polar surface area (TPSA) is 12.4 Å². The number of rotatable bonds is 10. The van der Waals surface area contributed by atoms with Crippen LogP contribution in [0.2, 0.25) is 0 Å². The Bertz CT molecular complexity index is 516. The third-order valence-corrected chi connectivity index (χ3v) is 4.18. The molecule has 0 unspecified atom stereocenters. The molecule has 0 N–H and O–H groups in total. The lowest BCUT2D eigenvalue weighted by molar-refractivity contribution is 0.580. The van der Waals surface area contributed by atoms with Crippen LogP contribution in [0.5, 0.6) is 0 Å². The quantitative estimate of drug-likeness (QED) is 0.286. The van der Waals surface area contributed by atoms with E-state index in [-0.39, 0.29) is 11.7 Å². The van der Waals surface area contributed by atoms with Gasteiger partial charge in [-0.3, -0.25) is 4.99 Å². The van der Waals surface area contributed by atoms with Gasteiger partial charge < -0.3 is 0 Å². The van der Waals surface area contributed by atoms with E-state index in [1.54, 1.807) is 0 Å². The summed E-state index contributed by atoms with van der Waals surface area (Å²) in [5.74, 6) is 0.184. The predicted molar refractivity (Wildman–Crippen MR) is 107 cm³/mol. The molecule has 0 saturated heterocycles. The van der Waals surface area contributed by atoms with Crippen LogP contribution in [0.25, 0.3) is 0 Å². The van der Waals surface area contributed by atoms with Gasteiger partial charge in [0.15, 0.2) is 0 Å². The standard InChI is InChI=1S/C22H36FN/c1-8-12-14-18(7)22(23)21(17(5)6)16-13-15-20(11-4)24-19(9-2)10-3/h8-9,12,14,17H,10-11,13,15-16H2,1-7H3/b12-8+,18-14-,19-9-,22-21-,24-20?. The van der Waals surface area contributed by atoms with Gasteiger partial charge in [-0.1, -0.05) is 52.0 Å². The zero-order valence-corrected chi connectivity index (χ0v) is 16.7. The van der Waals surface area contributed by atoms with E-state index < -0.39 is 0 Å². The fourth-order valence-corrected chi connectivity index (χ4v) is 2.56. The molecule has 1 nitrogen and oxygen atoms in total. The first-order valence-corrected chi connectivity index (χ1v) is 9.31.